The van der Waals surface area contributed by atoms with Crippen molar-refractivity contribution < 1.29 is 27.4 Å². The largest absolute Gasteiger partial charge is 0.478 e. The van der Waals surface area contributed by atoms with Crippen molar-refractivity contribution in [1.82, 2.24) is 0 Å². The predicted molar refractivity (Wildman–Crippen MR) is 59.8 cm³/mol. The van der Waals surface area contributed by atoms with Gasteiger partial charge in [-0.15, -0.1) is 0 Å². The zero-order valence-corrected chi connectivity index (χ0v) is 10.1. The number of aromatic carboxylic acids is 1. The molecule has 0 spiro atoms. The van der Waals surface area contributed by atoms with E-state index in [0.717, 1.165) is 18.2 Å². The molecule has 98 valence electrons. The topological polar surface area (TPSA) is 80.7 Å². The lowest BCUT2D eigenvalue weighted by atomic mass is 10.2. The van der Waals surface area contributed by atoms with E-state index in [1.807, 2.05) is 0 Å². The van der Waals surface area contributed by atoms with E-state index < -0.39 is 31.8 Å². The molecule has 1 unspecified atom stereocenters. The van der Waals surface area contributed by atoms with Gasteiger partial charge < -0.3 is 9.84 Å². The summed E-state index contributed by atoms with van der Waals surface area (Å²) in [6.07, 6.45) is 0.291. The summed E-state index contributed by atoms with van der Waals surface area (Å²) in [4.78, 5) is 10.2. The van der Waals surface area contributed by atoms with Gasteiger partial charge in [0.2, 0.25) is 0 Å². The molecule has 1 saturated heterocycles. The molecule has 0 bridgehead atoms. The molecule has 1 atom stereocenters. The van der Waals surface area contributed by atoms with Crippen LogP contribution < -0.4 is 0 Å². The summed E-state index contributed by atoms with van der Waals surface area (Å²) in [6.45, 7) is 0.323. The number of rotatable bonds is 3. The highest BCUT2D eigenvalue weighted by Gasteiger charge is 2.33. The SMILES string of the molecule is O=C(O)c1ccc(F)c(S(=O)(=O)C2CCOC2)c1. The van der Waals surface area contributed by atoms with E-state index in [9.17, 15) is 17.6 Å². The van der Waals surface area contributed by atoms with Crippen LogP contribution in [0, 0.1) is 5.82 Å². The number of benzene rings is 1. The third-order valence-electron chi connectivity index (χ3n) is 2.81. The number of ether oxygens (including phenoxy) is 1. The van der Waals surface area contributed by atoms with E-state index in [4.69, 9.17) is 9.84 Å². The summed E-state index contributed by atoms with van der Waals surface area (Å²) in [5.74, 6) is -2.24. The van der Waals surface area contributed by atoms with Gasteiger partial charge in [-0.25, -0.2) is 17.6 Å². The van der Waals surface area contributed by atoms with Crippen LogP contribution in [0.15, 0.2) is 23.1 Å². The first kappa shape index (κ1) is 13.0. The minimum Gasteiger partial charge on any atom is -0.478 e. The van der Waals surface area contributed by atoms with Crippen LogP contribution in [-0.2, 0) is 14.6 Å². The Morgan fingerprint density at radius 1 is 1.44 bits per heavy atom. The highest BCUT2D eigenvalue weighted by Crippen LogP contribution is 2.25. The Bertz CT molecular complexity index is 575. The number of carboxylic acids is 1. The zero-order valence-electron chi connectivity index (χ0n) is 9.30. The van der Waals surface area contributed by atoms with Crippen LogP contribution in [0.25, 0.3) is 0 Å². The molecule has 1 aliphatic heterocycles. The summed E-state index contributed by atoms with van der Waals surface area (Å²) in [7, 11) is -3.89. The Morgan fingerprint density at radius 2 is 2.17 bits per heavy atom. The maximum atomic E-state index is 13.6. The van der Waals surface area contributed by atoms with Crippen LogP contribution in [0.4, 0.5) is 4.39 Å². The molecular formula is C11H11FO5S. The third kappa shape index (κ3) is 2.23. The van der Waals surface area contributed by atoms with E-state index in [1.165, 1.54) is 0 Å². The van der Waals surface area contributed by atoms with Gasteiger partial charge in [0.1, 0.15) is 10.7 Å². The minimum atomic E-state index is -3.89. The summed E-state index contributed by atoms with van der Waals surface area (Å²) in [5, 5.41) is 7.98. The second-order valence-electron chi connectivity index (χ2n) is 3.98. The summed E-state index contributed by atoms with van der Waals surface area (Å²) in [5.41, 5.74) is -0.256. The van der Waals surface area contributed by atoms with Crippen LogP contribution in [0.2, 0.25) is 0 Å². The molecule has 1 N–H and O–H groups in total. The fourth-order valence-electron chi connectivity index (χ4n) is 1.79. The van der Waals surface area contributed by atoms with Crippen molar-refractivity contribution in [2.75, 3.05) is 13.2 Å². The molecule has 0 aromatic heterocycles. The molecular weight excluding hydrogens is 263 g/mol. The number of hydrogen-bond donors (Lipinski definition) is 1. The average molecular weight is 274 g/mol. The van der Waals surface area contributed by atoms with Crippen molar-refractivity contribution in [1.29, 1.82) is 0 Å². The first-order valence-corrected chi connectivity index (χ1v) is 6.82. The van der Waals surface area contributed by atoms with Crippen molar-refractivity contribution in [3.63, 3.8) is 0 Å². The van der Waals surface area contributed by atoms with E-state index >= 15 is 0 Å². The monoisotopic (exact) mass is 274 g/mol. The van der Waals surface area contributed by atoms with Crippen LogP contribution >= 0.6 is 0 Å². The summed E-state index contributed by atoms with van der Waals surface area (Å²) < 4.78 is 42.8. The maximum Gasteiger partial charge on any atom is 0.335 e. The third-order valence-corrected chi connectivity index (χ3v) is 4.99. The second kappa shape index (κ2) is 4.66. The average Bonchev–Trinajstić information content (AvgIpc) is 2.82. The number of hydrogen-bond acceptors (Lipinski definition) is 4. The van der Waals surface area contributed by atoms with E-state index in [0.29, 0.717) is 13.0 Å². The molecule has 0 radical (unpaired) electrons. The van der Waals surface area contributed by atoms with Gasteiger partial charge in [-0.2, -0.15) is 0 Å². The zero-order chi connectivity index (χ0) is 13.3. The first-order valence-electron chi connectivity index (χ1n) is 5.27. The molecule has 0 aliphatic carbocycles. The Labute approximate surface area is 103 Å². The molecule has 1 aromatic rings. The number of halogens is 1. The Kier molecular flexibility index (Phi) is 3.36. The van der Waals surface area contributed by atoms with Gasteiger partial charge in [0.15, 0.2) is 9.84 Å². The lowest BCUT2D eigenvalue weighted by molar-refractivity contribution is 0.0696. The molecule has 0 amide bonds. The van der Waals surface area contributed by atoms with Gasteiger partial charge in [0.25, 0.3) is 0 Å². The van der Waals surface area contributed by atoms with Crippen LogP contribution in [0.1, 0.15) is 16.8 Å². The van der Waals surface area contributed by atoms with Gasteiger partial charge in [0, 0.05) is 6.61 Å². The molecule has 1 aliphatic rings. The van der Waals surface area contributed by atoms with Gasteiger partial charge in [-0.3, -0.25) is 0 Å². The van der Waals surface area contributed by atoms with Crippen molar-refractivity contribution in [2.45, 2.75) is 16.6 Å². The second-order valence-corrected chi connectivity index (χ2v) is 6.18. The lowest BCUT2D eigenvalue weighted by Gasteiger charge is -2.11. The standard InChI is InChI=1S/C11H11FO5S/c12-9-2-1-7(11(13)14)5-10(9)18(15,16)8-3-4-17-6-8/h1-2,5,8H,3-4,6H2,(H,13,14). The Hall–Kier alpha value is -1.47. The molecule has 5 nitrogen and oxygen atoms in total. The number of carbonyl (C=O) groups is 1. The van der Waals surface area contributed by atoms with Gasteiger partial charge >= 0.3 is 5.97 Å². The maximum absolute atomic E-state index is 13.6. The highest BCUT2D eigenvalue weighted by atomic mass is 32.2. The minimum absolute atomic E-state index is 0.0130. The normalized spacial score (nSPS) is 19.9. The number of sulfone groups is 1. The van der Waals surface area contributed by atoms with E-state index in [-0.39, 0.29) is 12.2 Å². The first-order chi connectivity index (χ1) is 8.43. The summed E-state index contributed by atoms with van der Waals surface area (Å²) >= 11 is 0. The fourth-order valence-corrected chi connectivity index (χ4v) is 3.46. The molecule has 2 rings (SSSR count). The summed E-state index contributed by atoms with van der Waals surface area (Å²) in [6, 6.07) is 2.74. The van der Waals surface area contributed by atoms with Gasteiger partial charge in [-0.05, 0) is 24.6 Å². The predicted octanol–water partition coefficient (Wildman–Crippen LogP) is 1.09. The molecule has 7 heteroatoms. The quantitative estimate of drug-likeness (QED) is 0.892. The van der Waals surface area contributed by atoms with E-state index in [1.54, 1.807) is 0 Å². The van der Waals surface area contributed by atoms with Crippen molar-refractivity contribution in [3.05, 3.63) is 29.6 Å². The van der Waals surface area contributed by atoms with Gasteiger partial charge in [0.05, 0.1) is 17.4 Å². The van der Waals surface area contributed by atoms with E-state index in [2.05, 4.69) is 0 Å². The highest BCUT2D eigenvalue weighted by molar-refractivity contribution is 7.92. The van der Waals surface area contributed by atoms with Crippen molar-refractivity contribution in [2.24, 2.45) is 0 Å². The molecule has 1 aromatic carbocycles. The van der Waals surface area contributed by atoms with Crippen molar-refractivity contribution >= 4 is 15.8 Å². The van der Waals surface area contributed by atoms with Crippen LogP contribution in [0.3, 0.4) is 0 Å². The molecule has 1 heterocycles. The Balaban J connectivity index is 2.49. The smallest absolute Gasteiger partial charge is 0.335 e. The Morgan fingerprint density at radius 3 is 2.72 bits per heavy atom. The molecule has 1 fully saturated rings. The lowest BCUT2D eigenvalue weighted by Crippen LogP contribution is -2.22. The van der Waals surface area contributed by atoms with Gasteiger partial charge in [-0.1, -0.05) is 0 Å². The molecule has 0 saturated carbocycles. The van der Waals surface area contributed by atoms with Crippen LogP contribution in [-0.4, -0.2) is 38.0 Å². The molecule has 18 heavy (non-hydrogen) atoms. The number of carboxylic acid groups (broad SMARTS) is 1. The van der Waals surface area contributed by atoms with Crippen LogP contribution in [0.5, 0.6) is 0 Å². The fraction of sp³-hybridized carbons (Fsp3) is 0.364. The van der Waals surface area contributed by atoms with Crippen molar-refractivity contribution in [3.8, 4) is 0 Å².